The number of hydrogen-bond acceptors (Lipinski definition) is 5. The highest BCUT2D eigenvalue weighted by molar-refractivity contribution is 5.82. The SMILES string of the molecule is CC(C)(C)OC(=O)N1CCN2C(=O)[C@@H](CC#Cc3cccn4ncnc34)C[C@H]2C1. The second-order valence-corrected chi connectivity index (χ2v) is 8.50. The topological polar surface area (TPSA) is 80.0 Å². The van der Waals surface area contributed by atoms with Crippen molar-refractivity contribution < 1.29 is 14.3 Å². The highest BCUT2D eigenvalue weighted by atomic mass is 16.6. The summed E-state index contributed by atoms with van der Waals surface area (Å²) in [5, 5.41) is 4.10. The molecule has 4 rings (SSSR count). The first-order valence-electron chi connectivity index (χ1n) is 9.87. The average Bonchev–Trinajstić information content (AvgIpc) is 3.25. The lowest BCUT2D eigenvalue weighted by molar-refractivity contribution is -0.133. The Balaban J connectivity index is 1.39. The van der Waals surface area contributed by atoms with Crippen molar-refractivity contribution in [1.29, 1.82) is 0 Å². The van der Waals surface area contributed by atoms with Gasteiger partial charge >= 0.3 is 6.09 Å². The number of amides is 2. The van der Waals surface area contributed by atoms with E-state index >= 15 is 0 Å². The van der Waals surface area contributed by atoms with E-state index in [2.05, 4.69) is 21.9 Å². The first-order valence-corrected chi connectivity index (χ1v) is 9.87. The van der Waals surface area contributed by atoms with Gasteiger partial charge in [-0.05, 0) is 39.3 Å². The third-order valence-corrected chi connectivity index (χ3v) is 5.20. The lowest BCUT2D eigenvalue weighted by atomic mass is 10.0. The first kappa shape index (κ1) is 19.2. The molecular formula is C21H25N5O3. The van der Waals surface area contributed by atoms with Crippen molar-refractivity contribution in [2.75, 3.05) is 19.6 Å². The van der Waals surface area contributed by atoms with Crippen LogP contribution in [0.2, 0.25) is 0 Å². The number of piperazine rings is 1. The Morgan fingerprint density at radius 2 is 2.17 bits per heavy atom. The van der Waals surface area contributed by atoms with Crippen LogP contribution in [-0.4, -0.2) is 67.7 Å². The molecule has 0 bridgehead atoms. The van der Waals surface area contributed by atoms with Gasteiger partial charge < -0.3 is 14.5 Å². The van der Waals surface area contributed by atoms with Crippen LogP contribution >= 0.6 is 0 Å². The van der Waals surface area contributed by atoms with E-state index in [1.54, 1.807) is 9.42 Å². The molecule has 0 aliphatic carbocycles. The zero-order valence-corrected chi connectivity index (χ0v) is 17.0. The zero-order valence-electron chi connectivity index (χ0n) is 17.0. The van der Waals surface area contributed by atoms with Gasteiger partial charge in [0.05, 0.1) is 17.5 Å². The van der Waals surface area contributed by atoms with Crippen LogP contribution in [0.15, 0.2) is 24.7 Å². The third kappa shape index (κ3) is 4.04. The van der Waals surface area contributed by atoms with Gasteiger partial charge in [-0.3, -0.25) is 4.79 Å². The fourth-order valence-electron chi connectivity index (χ4n) is 3.89. The Morgan fingerprint density at radius 3 is 2.97 bits per heavy atom. The Morgan fingerprint density at radius 1 is 1.34 bits per heavy atom. The summed E-state index contributed by atoms with van der Waals surface area (Å²) in [7, 11) is 0. The summed E-state index contributed by atoms with van der Waals surface area (Å²) in [4.78, 5) is 32.9. The molecule has 2 saturated heterocycles. The fourth-order valence-corrected chi connectivity index (χ4v) is 3.89. The van der Waals surface area contributed by atoms with E-state index in [4.69, 9.17) is 4.74 Å². The molecule has 8 nitrogen and oxygen atoms in total. The molecule has 8 heteroatoms. The number of hydrogen-bond donors (Lipinski definition) is 0. The molecule has 2 aliphatic heterocycles. The smallest absolute Gasteiger partial charge is 0.410 e. The first-order chi connectivity index (χ1) is 13.8. The van der Waals surface area contributed by atoms with Crippen LogP contribution < -0.4 is 0 Å². The number of nitrogens with zero attached hydrogens (tertiary/aromatic N) is 5. The van der Waals surface area contributed by atoms with E-state index in [9.17, 15) is 9.59 Å². The van der Waals surface area contributed by atoms with E-state index in [0.717, 1.165) is 5.56 Å². The minimum Gasteiger partial charge on any atom is -0.444 e. The second kappa shape index (κ2) is 7.39. The van der Waals surface area contributed by atoms with Gasteiger partial charge in [0.15, 0.2) is 5.65 Å². The van der Waals surface area contributed by atoms with Gasteiger partial charge in [-0.25, -0.2) is 14.3 Å². The van der Waals surface area contributed by atoms with Crippen molar-refractivity contribution in [1.82, 2.24) is 24.4 Å². The number of rotatable bonds is 1. The maximum Gasteiger partial charge on any atom is 0.410 e. The molecule has 0 N–H and O–H groups in total. The molecule has 0 unspecified atom stereocenters. The highest BCUT2D eigenvalue weighted by Gasteiger charge is 2.43. The molecule has 2 aromatic rings. The molecule has 0 radical (unpaired) electrons. The van der Waals surface area contributed by atoms with Crippen LogP contribution in [0.25, 0.3) is 5.65 Å². The maximum absolute atomic E-state index is 12.8. The largest absolute Gasteiger partial charge is 0.444 e. The Labute approximate surface area is 169 Å². The van der Waals surface area contributed by atoms with Crippen molar-refractivity contribution in [3.63, 3.8) is 0 Å². The van der Waals surface area contributed by atoms with Crippen LogP contribution in [0.4, 0.5) is 4.79 Å². The van der Waals surface area contributed by atoms with Gasteiger partial charge in [0.25, 0.3) is 0 Å². The van der Waals surface area contributed by atoms with Crippen LogP contribution in [0.5, 0.6) is 0 Å². The third-order valence-electron chi connectivity index (χ3n) is 5.20. The van der Waals surface area contributed by atoms with Crippen molar-refractivity contribution >= 4 is 17.6 Å². The minimum atomic E-state index is -0.523. The number of carbonyl (C=O) groups is 2. The van der Waals surface area contributed by atoms with Gasteiger partial charge in [-0.2, -0.15) is 5.10 Å². The summed E-state index contributed by atoms with van der Waals surface area (Å²) < 4.78 is 7.15. The molecule has 4 heterocycles. The van der Waals surface area contributed by atoms with Gasteiger partial charge in [-0.15, -0.1) is 0 Å². The molecule has 0 spiro atoms. The molecule has 2 aliphatic rings. The summed E-state index contributed by atoms with van der Waals surface area (Å²) in [5.41, 5.74) is 0.984. The lowest BCUT2D eigenvalue weighted by Gasteiger charge is -2.38. The van der Waals surface area contributed by atoms with E-state index < -0.39 is 5.60 Å². The summed E-state index contributed by atoms with van der Waals surface area (Å²) >= 11 is 0. The molecule has 152 valence electrons. The molecule has 0 aromatic carbocycles. The molecule has 2 fully saturated rings. The van der Waals surface area contributed by atoms with Crippen molar-refractivity contribution in [2.24, 2.45) is 5.92 Å². The van der Waals surface area contributed by atoms with Gasteiger partial charge in [0.2, 0.25) is 5.91 Å². The maximum atomic E-state index is 12.8. The average molecular weight is 395 g/mol. The Bertz CT molecular complexity index is 997. The number of ether oxygens (including phenoxy) is 1. The fraction of sp³-hybridized carbons (Fsp3) is 0.524. The molecule has 2 atom stereocenters. The van der Waals surface area contributed by atoms with E-state index in [-0.39, 0.29) is 24.0 Å². The normalized spacial score (nSPS) is 21.7. The van der Waals surface area contributed by atoms with E-state index in [0.29, 0.717) is 38.1 Å². The number of aromatic nitrogens is 3. The zero-order chi connectivity index (χ0) is 20.6. The van der Waals surface area contributed by atoms with Gasteiger partial charge in [0, 0.05) is 32.3 Å². The summed E-state index contributed by atoms with van der Waals surface area (Å²) in [6.45, 7) is 7.14. The lowest BCUT2D eigenvalue weighted by Crippen LogP contribution is -2.54. The van der Waals surface area contributed by atoms with E-state index in [1.807, 2.05) is 44.0 Å². The van der Waals surface area contributed by atoms with Crippen LogP contribution in [-0.2, 0) is 9.53 Å². The number of pyridine rings is 1. The highest BCUT2D eigenvalue weighted by Crippen LogP contribution is 2.30. The van der Waals surface area contributed by atoms with Crippen molar-refractivity contribution in [3.8, 4) is 11.8 Å². The predicted molar refractivity (Wildman–Crippen MR) is 106 cm³/mol. The van der Waals surface area contributed by atoms with Crippen LogP contribution in [0, 0.1) is 17.8 Å². The molecule has 2 aromatic heterocycles. The number of fused-ring (bicyclic) bond motifs is 2. The Hall–Kier alpha value is -3.08. The summed E-state index contributed by atoms with van der Waals surface area (Å²) in [5.74, 6) is 6.27. The number of carbonyl (C=O) groups excluding carboxylic acids is 2. The van der Waals surface area contributed by atoms with Crippen LogP contribution in [0.1, 0.15) is 39.2 Å². The minimum absolute atomic E-state index is 0.0375. The molecular weight excluding hydrogens is 370 g/mol. The Kier molecular flexibility index (Phi) is 4.91. The second-order valence-electron chi connectivity index (χ2n) is 8.50. The van der Waals surface area contributed by atoms with Gasteiger partial charge in [0.1, 0.15) is 11.9 Å². The quantitative estimate of drug-likeness (QED) is 0.690. The van der Waals surface area contributed by atoms with E-state index in [1.165, 1.54) is 6.33 Å². The van der Waals surface area contributed by atoms with Crippen molar-refractivity contribution in [2.45, 2.75) is 45.3 Å². The summed E-state index contributed by atoms with van der Waals surface area (Å²) in [6.07, 6.45) is 4.21. The van der Waals surface area contributed by atoms with Crippen molar-refractivity contribution in [3.05, 3.63) is 30.2 Å². The summed E-state index contributed by atoms with van der Waals surface area (Å²) in [6, 6.07) is 3.81. The monoisotopic (exact) mass is 395 g/mol. The predicted octanol–water partition coefficient (Wildman–Crippen LogP) is 1.94. The van der Waals surface area contributed by atoms with Crippen LogP contribution in [0.3, 0.4) is 0 Å². The molecule has 29 heavy (non-hydrogen) atoms. The molecule has 0 saturated carbocycles. The standard InChI is InChI=1S/C21H25N5O3/c1-21(2,3)29-20(28)24-10-11-25-17(13-24)12-16(19(25)27)7-4-6-15-8-5-9-26-18(15)22-14-23-26/h5,8-9,14,16-17H,7,10-13H2,1-3H3/t16-,17-/m0/s1. The van der Waals surface area contributed by atoms with Gasteiger partial charge in [-0.1, -0.05) is 11.8 Å². The molecule has 2 amide bonds.